The quantitative estimate of drug-likeness (QED) is 0.828. The number of nitrogens with one attached hydrogen (secondary N) is 1. The van der Waals surface area contributed by atoms with E-state index in [1.165, 1.54) is 19.3 Å². The molecule has 1 fully saturated rings. The molecule has 0 bridgehead atoms. The van der Waals surface area contributed by atoms with Gasteiger partial charge in [0.05, 0.1) is 4.90 Å². The molecule has 0 aromatic heterocycles. The van der Waals surface area contributed by atoms with Gasteiger partial charge in [-0.25, -0.2) is 13.1 Å². The molecule has 0 radical (unpaired) electrons. The van der Waals surface area contributed by atoms with Crippen molar-refractivity contribution in [3.8, 4) is 11.5 Å². The molecule has 0 heterocycles. The number of hydrogen-bond acceptors (Lipinski definition) is 3. The van der Waals surface area contributed by atoms with E-state index in [0.29, 0.717) is 5.75 Å². The highest BCUT2D eigenvalue weighted by molar-refractivity contribution is 7.89. The van der Waals surface area contributed by atoms with E-state index in [0.717, 1.165) is 31.4 Å². The summed E-state index contributed by atoms with van der Waals surface area (Å²) in [7, 11) is -3.48. The second-order valence-electron chi connectivity index (χ2n) is 6.55. The minimum atomic E-state index is -3.48. The molecule has 25 heavy (non-hydrogen) atoms. The van der Waals surface area contributed by atoms with E-state index in [4.69, 9.17) is 4.74 Å². The lowest BCUT2D eigenvalue weighted by Gasteiger charge is -2.21. The van der Waals surface area contributed by atoms with Crippen LogP contribution < -0.4 is 9.46 Å². The molecule has 0 aliphatic heterocycles. The van der Waals surface area contributed by atoms with Crippen LogP contribution in [-0.2, 0) is 10.0 Å². The number of benzene rings is 2. The van der Waals surface area contributed by atoms with Crippen molar-refractivity contribution in [2.75, 3.05) is 0 Å². The second kappa shape index (κ2) is 8.50. The van der Waals surface area contributed by atoms with Gasteiger partial charge in [-0.3, -0.25) is 0 Å². The average Bonchev–Trinajstić information content (AvgIpc) is 2.59. The van der Waals surface area contributed by atoms with Crippen molar-refractivity contribution in [3.05, 3.63) is 54.6 Å². The fraction of sp³-hybridized carbons (Fsp3) is 0.400. The highest BCUT2D eigenvalue weighted by atomic mass is 32.2. The van der Waals surface area contributed by atoms with E-state index in [-0.39, 0.29) is 10.9 Å². The van der Waals surface area contributed by atoms with Crippen molar-refractivity contribution < 1.29 is 13.2 Å². The standard InChI is InChI=1S/C20H25NO3S/c22-25(23,21-17-9-5-2-1-3-6-10-17)20-15-13-19(14-16-20)24-18-11-7-4-8-12-18/h4,7-8,11-17,21H,1-3,5-6,9-10H2. The summed E-state index contributed by atoms with van der Waals surface area (Å²) in [6.07, 6.45) is 7.70. The summed E-state index contributed by atoms with van der Waals surface area (Å²) in [6.45, 7) is 0. The molecule has 1 aliphatic carbocycles. The molecule has 0 amide bonds. The van der Waals surface area contributed by atoms with E-state index in [2.05, 4.69) is 4.72 Å². The molecule has 134 valence electrons. The first kappa shape index (κ1) is 18.0. The number of sulfonamides is 1. The third kappa shape index (κ3) is 5.31. The molecule has 1 saturated carbocycles. The summed E-state index contributed by atoms with van der Waals surface area (Å²) in [5.74, 6) is 1.35. The first-order chi connectivity index (χ1) is 12.1. The third-order valence-corrected chi connectivity index (χ3v) is 6.08. The van der Waals surface area contributed by atoms with Gasteiger partial charge in [-0.2, -0.15) is 0 Å². The van der Waals surface area contributed by atoms with Crippen LogP contribution in [0.25, 0.3) is 0 Å². The van der Waals surface area contributed by atoms with Crippen molar-refractivity contribution in [2.45, 2.75) is 55.9 Å². The first-order valence-electron chi connectivity index (χ1n) is 8.99. The van der Waals surface area contributed by atoms with Crippen molar-refractivity contribution in [2.24, 2.45) is 0 Å². The second-order valence-corrected chi connectivity index (χ2v) is 8.26. The summed E-state index contributed by atoms with van der Waals surface area (Å²) in [6, 6.07) is 16.1. The third-order valence-electron chi connectivity index (χ3n) is 4.54. The largest absolute Gasteiger partial charge is 0.457 e. The van der Waals surface area contributed by atoms with Crippen molar-refractivity contribution in [1.82, 2.24) is 4.72 Å². The fourth-order valence-electron chi connectivity index (χ4n) is 3.17. The number of para-hydroxylation sites is 1. The van der Waals surface area contributed by atoms with Crippen LogP contribution in [0.5, 0.6) is 11.5 Å². The zero-order chi connectivity index (χ0) is 17.5. The number of hydrogen-bond donors (Lipinski definition) is 1. The Balaban J connectivity index is 1.65. The van der Waals surface area contributed by atoms with Gasteiger partial charge >= 0.3 is 0 Å². The Hall–Kier alpha value is -1.85. The molecule has 2 aromatic rings. The Labute approximate surface area is 150 Å². The Bertz CT molecular complexity index is 749. The van der Waals surface area contributed by atoms with Crippen LogP contribution in [-0.4, -0.2) is 14.5 Å². The molecule has 0 saturated heterocycles. The molecule has 5 heteroatoms. The van der Waals surface area contributed by atoms with Gasteiger partial charge in [0, 0.05) is 6.04 Å². The van der Waals surface area contributed by atoms with Crippen LogP contribution in [0.15, 0.2) is 59.5 Å². The fourth-order valence-corrected chi connectivity index (χ4v) is 4.48. The predicted molar refractivity (Wildman–Crippen MR) is 99.4 cm³/mol. The normalized spacial score (nSPS) is 16.8. The van der Waals surface area contributed by atoms with Gasteiger partial charge in [-0.15, -0.1) is 0 Å². The Morgan fingerprint density at radius 3 is 1.96 bits per heavy atom. The molecule has 3 rings (SSSR count). The minimum absolute atomic E-state index is 0.0468. The van der Waals surface area contributed by atoms with Gasteiger partial charge in [0.1, 0.15) is 11.5 Å². The van der Waals surface area contributed by atoms with Crippen LogP contribution >= 0.6 is 0 Å². The lowest BCUT2D eigenvalue weighted by molar-refractivity contribution is 0.426. The maximum absolute atomic E-state index is 12.6. The SMILES string of the molecule is O=S(=O)(NC1CCCCCCC1)c1ccc(Oc2ccccc2)cc1. The Morgan fingerprint density at radius 1 is 0.760 bits per heavy atom. The predicted octanol–water partition coefficient (Wildman–Crippen LogP) is 4.87. The summed E-state index contributed by atoms with van der Waals surface area (Å²) < 4.78 is 33.8. The maximum Gasteiger partial charge on any atom is 0.240 e. The van der Waals surface area contributed by atoms with E-state index in [1.54, 1.807) is 24.3 Å². The summed E-state index contributed by atoms with van der Waals surface area (Å²) in [5, 5.41) is 0. The average molecular weight is 359 g/mol. The lowest BCUT2D eigenvalue weighted by Crippen LogP contribution is -2.35. The monoisotopic (exact) mass is 359 g/mol. The zero-order valence-electron chi connectivity index (χ0n) is 14.4. The van der Waals surface area contributed by atoms with Crippen molar-refractivity contribution in [1.29, 1.82) is 0 Å². The molecule has 0 spiro atoms. The molecular weight excluding hydrogens is 334 g/mol. The van der Waals surface area contributed by atoms with E-state index >= 15 is 0 Å². The van der Waals surface area contributed by atoms with Gasteiger partial charge in [0.25, 0.3) is 0 Å². The molecule has 2 aromatic carbocycles. The Kier molecular flexibility index (Phi) is 6.10. The molecule has 0 unspecified atom stereocenters. The molecule has 0 atom stereocenters. The van der Waals surface area contributed by atoms with Gasteiger partial charge in [-0.05, 0) is 49.2 Å². The smallest absolute Gasteiger partial charge is 0.240 e. The van der Waals surface area contributed by atoms with Gasteiger partial charge in [0.2, 0.25) is 10.0 Å². The van der Waals surface area contributed by atoms with Gasteiger partial charge in [0.15, 0.2) is 0 Å². The van der Waals surface area contributed by atoms with Crippen LogP contribution in [0, 0.1) is 0 Å². The van der Waals surface area contributed by atoms with Crippen molar-refractivity contribution >= 4 is 10.0 Å². The van der Waals surface area contributed by atoms with Gasteiger partial charge < -0.3 is 4.74 Å². The summed E-state index contributed by atoms with van der Waals surface area (Å²) in [5.41, 5.74) is 0. The van der Waals surface area contributed by atoms with Crippen molar-refractivity contribution in [3.63, 3.8) is 0 Å². The number of ether oxygens (including phenoxy) is 1. The Morgan fingerprint density at radius 2 is 1.32 bits per heavy atom. The highest BCUT2D eigenvalue weighted by Gasteiger charge is 2.20. The topological polar surface area (TPSA) is 55.4 Å². The summed E-state index contributed by atoms with van der Waals surface area (Å²) >= 11 is 0. The molecule has 1 N–H and O–H groups in total. The molecule has 1 aliphatic rings. The summed E-state index contributed by atoms with van der Waals surface area (Å²) in [4.78, 5) is 0.287. The zero-order valence-corrected chi connectivity index (χ0v) is 15.2. The molecule has 4 nitrogen and oxygen atoms in total. The van der Waals surface area contributed by atoms with Crippen LogP contribution in [0.2, 0.25) is 0 Å². The van der Waals surface area contributed by atoms with E-state index in [1.807, 2.05) is 30.3 Å². The van der Waals surface area contributed by atoms with Crippen LogP contribution in [0.1, 0.15) is 44.9 Å². The van der Waals surface area contributed by atoms with E-state index < -0.39 is 10.0 Å². The van der Waals surface area contributed by atoms with Crippen LogP contribution in [0.3, 0.4) is 0 Å². The minimum Gasteiger partial charge on any atom is -0.457 e. The number of rotatable bonds is 5. The van der Waals surface area contributed by atoms with E-state index in [9.17, 15) is 8.42 Å². The highest BCUT2D eigenvalue weighted by Crippen LogP contribution is 2.23. The van der Waals surface area contributed by atoms with Gasteiger partial charge in [-0.1, -0.05) is 50.3 Å². The molecular formula is C20H25NO3S. The maximum atomic E-state index is 12.6. The lowest BCUT2D eigenvalue weighted by atomic mass is 9.97. The first-order valence-corrected chi connectivity index (χ1v) is 10.5. The van der Waals surface area contributed by atoms with Crippen LogP contribution in [0.4, 0.5) is 0 Å².